The van der Waals surface area contributed by atoms with Crippen molar-refractivity contribution in [3.05, 3.63) is 23.6 Å². The normalized spacial score (nSPS) is 40.5. The summed E-state index contributed by atoms with van der Waals surface area (Å²) in [6.45, 7) is 0. The van der Waals surface area contributed by atoms with Crippen LogP contribution in [0.5, 0.6) is 0 Å². The van der Waals surface area contributed by atoms with Gasteiger partial charge in [-0.2, -0.15) is 0 Å². The molecule has 0 saturated heterocycles. The number of hydrogen-bond donors (Lipinski definition) is 0. The topological polar surface area (TPSA) is 87.1 Å². The maximum absolute atomic E-state index is 6.69. The lowest BCUT2D eigenvalue weighted by Crippen LogP contribution is -2.30. The molecule has 6 unspecified atom stereocenters. The molecule has 2 aromatic heterocycles. The average Bonchev–Trinajstić information content (AvgIpc) is 3.76. The third-order valence-corrected chi connectivity index (χ3v) is 13.1. The minimum atomic E-state index is 0.367. The van der Waals surface area contributed by atoms with E-state index in [2.05, 4.69) is 20.4 Å². The standard InChI is InChI=1S/C36H54N4O3/c1-3-11-29-23(7-1)9-5-13-31(29)35-39-37-33(42-35)25-15-19-27(20-16-25)41-28-21-17-26(18-22-28)34-38-40-36(43-34)32-14-6-10-24-8-2-4-12-30(24)32/h23-32H,1-22H2. The minimum absolute atomic E-state index is 0.367. The van der Waals surface area contributed by atoms with Gasteiger partial charge in [-0.25, -0.2) is 0 Å². The average molecular weight is 591 g/mol. The van der Waals surface area contributed by atoms with Crippen LogP contribution >= 0.6 is 0 Å². The van der Waals surface area contributed by atoms with Gasteiger partial charge in [-0.05, 0) is 101 Å². The fourth-order valence-electron chi connectivity index (χ4n) is 10.8. The van der Waals surface area contributed by atoms with Gasteiger partial charge < -0.3 is 13.6 Å². The van der Waals surface area contributed by atoms with E-state index >= 15 is 0 Å². The first-order chi connectivity index (χ1) is 21.3. The molecular weight excluding hydrogens is 536 g/mol. The van der Waals surface area contributed by atoms with Gasteiger partial charge in [0.2, 0.25) is 23.6 Å². The van der Waals surface area contributed by atoms with Crippen molar-refractivity contribution in [1.29, 1.82) is 0 Å². The van der Waals surface area contributed by atoms with Crippen molar-refractivity contribution in [3.8, 4) is 0 Å². The molecule has 8 rings (SSSR count). The maximum atomic E-state index is 6.69. The Kier molecular flexibility index (Phi) is 8.62. The van der Waals surface area contributed by atoms with Crippen LogP contribution in [-0.4, -0.2) is 32.6 Å². The van der Waals surface area contributed by atoms with Gasteiger partial charge in [0.05, 0.1) is 12.2 Å². The predicted molar refractivity (Wildman–Crippen MR) is 164 cm³/mol. The highest BCUT2D eigenvalue weighted by atomic mass is 16.5. The lowest BCUT2D eigenvalue weighted by molar-refractivity contribution is -0.0509. The molecule has 43 heavy (non-hydrogen) atoms. The fourth-order valence-corrected chi connectivity index (χ4v) is 10.8. The van der Waals surface area contributed by atoms with Gasteiger partial charge in [-0.1, -0.05) is 64.2 Å². The zero-order valence-corrected chi connectivity index (χ0v) is 26.3. The molecule has 2 heterocycles. The molecule has 6 saturated carbocycles. The molecule has 6 aliphatic rings. The molecule has 0 bridgehead atoms. The van der Waals surface area contributed by atoms with Gasteiger partial charge in [-0.15, -0.1) is 20.4 Å². The molecule has 0 aliphatic heterocycles. The predicted octanol–water partition coefficient (Wildman–Crippen LogP) is 9.37. The van der Waals surface area contributed by atoms with Crippen molar-refractivity contribution in [2.45, 2.75) is 177 Å². The number of nitrogens with zero attached hydrogens (tertiary/aromatic N) is 4. The zero-order valence-electron chi connectivity index (χ0n) is 26.3. The van der Waals surface area contributed by atoms with Crippen LogP contribution in [-0.2, 0) is 4.74 Å². The second-order valence-corrected chi connectivity index (χ2v) is 15.5. The third-order valence-electron chi connectivity index (χ3n) is 13.1. The van der Waals surface area contributed by atoms with Gasteiger partial charge in [0.25, 0.3) is 0 Å². The summed E-state index contributed by atoms with van der Waals surface area (Å²) in [6, 6.07) is 0. The van der Waals surface area contributed by atoms with Gasteiger partial charge >= 0.3 is 0 Å². The summed E-state index contributed by atoms with van der Waals surface area (Å²) >= 11 is 0. The molecule has 2 aromatic rings. The van der Waals surface area contributed by atoms with Gasteiger partial charge in [-0.3, -0.25) is 0 Å². The molecule has 6 atom stereocenters. The number of rotatable bonds is 6. The molecular formula is C36H54N4O3. The summed E-state index contributed by atoms with van der Waals surface area (Å²) in [5, 5.41) is 18.5. The second-order valence-electron chi connectivity index (χ2n) is 15.5. The third kappa shape index (κ3) is 6.10. The van der Waals surface area contributed by atoms with E-state index in [0.29, 0.717) is 35.9 Å². The van der Waals surface area contributed by atoms with Crippen LogP contribution in [0.25, 0.3) is 0 Å². The Morgan fingerprint density at radius 2 is 0.791 bits per heavy atom. The molecule has 0 amide bonds. The summed E-state index contributed by atoms with van der Waals surface area (Å²) in [4.78, 5) is 0. The Morgan fingerprint density at radius 3 is 1.26 bits per heavy atom. The summed E-state index contributed by atoms with van der Waals surface area (Å²) in [5.74, 6) is 8.86. The first kappa shape index (κ1) is 28.7. The smallest absolute Gasteiger partial charge is 0.219 e. The van der Waals surface area contributed by atoms with E-state index in [9.17, 15) is 0 Å². The van der Waals surface area contributed by atoms with Crippen molar-refractivity contribution in [3.63, 3.8) is 0 Å². The molecule has 0 N–H and O–H groups in total. The quantitative estimate of drug-likeness (QED) is 0.331. The van der Waals surface area contributed by atoms with Gasteiger partial charge in [0, 0.05) is 23.7 Å². The van der Waals surface area contributed by atoms with E-state index in [1.54, 1.807) is 0 Å². The van der Waals surface area contributed by atoms with Crippen molar-refractivity contribution in [2.24, 2.45) is 23.7 Å². The van der Waals surface area contributed by atoms with Crippen molar-refractivity contribution >= 4 is 0 Å². The Balaban J connectivity index is 0.798. The molecule has 7 heteroatoms. The lowest BCUT2D eigenvalue weighted by Gasteiger charge is -2.39. The minimum Gasteiger partial charge on any atom is -0.425 e. The number of ether oxygens (including phenoxy) is 1. The van der Waals surface area contributed by atoms with Crippen molar-refractivity contribution in [2.75, 3.05) is 0 Å². The number of aromatic nitrogens is 4. The van der Waals surface area contributed by atoms with E-state index in [-0.39, 0.29) is 0 Å². The first-order valence-electron chi connectivity index (χ1n) is 18.6. The molecule has 6 fully saturated rings. The van der Waals surface area contributed by atoms with E-state index in [1.165, 1.54) is 89.9 Å². The molecule has 0 radical (unpaired) electrons. The molecule has 0 spiro atoms. The maximum Gasteiger partial charge on any atom is 0.219 e. The molecule has 6 aliphatic carbocycles. The monoisotopic (exact) mass is 590 g/mol. The fraction of sp³-hybridized carbons (Fsp3) is 0.889. The van der Waals surface area contributed by atoms with Crippen LogP contribution in [0, 0.1) is 23.7 Å². The Hall–Kier alpha value is -1.76. The highest BCUT2D eigenvalue weighted by molar-refractivity contribution is 5.04. The van der Waals surface area contributed by atoms with Crippen LogP contribution in [0.3, 0.4) is 0 Å². The van der Waals surface area contributed by atoms with Crippen molar-refractivity contribution < 1.29 is 13.6 Å². The van der Waals surface area contributed by atoms with E-state index in [1.807, 2.05) is 0 Å². The molecule has 7 nitrogen and oxygen atoms in total. The van der Waals surface area contributed by atoms with Crippen molar-refractivity contribution in [1.82, 2.24) is 20.4 Å². The van der Waals surface area contributed by atoms with Crippen LogP contribution in [0.2, 0.25) is 0 Å². The SMILES string of the molecule is C1CCC2C(C1)CCCC2c1nnc(C2CCC(OC3CCC(c4nnc(C5CCCC6CCCCC65)o4)CC3)CC2)o1. The van der Waals surface area contributed by atoms with E-state index < -0.39 is 0 Å². The van der Waals surface area contributed by atoms with Gasteiger partial charge in [0.15, 0.2) is 0 Å². The summed E-state index contributed by atoms with van der Waals surface area (Å²) in [6.07, 6.45) is 28.6. The highest BCUT2D eigenvalue weighted by Crippen LogP contribution is 2.50. The Labute approximate surface area is 258 Å². The zero-order chi connectivity index (χ0) is 28.6. The van der Waals surface area contributed by atoms with E-state index in [0.717, 1.165) is 98.6 Å². The molecule has 0 aromatic carbocycles. The lowest BCUT2D eigenvalue weighted by atomic mass is 9.65. The second kappa shape index (κ2) is 12.9. The first-order valence-corrected chi connectivity index (χ1v) is 18.6. The van der Waals surface area contributed by atoms with Gasteiger partial charge in [0.1, 0.15) is 0 Å². The highest BCUT2D eigenvalue weighted by Gasteiger charge is 2.40. The van der Waals surface area contributed by atoms with Crippen LogP contribution in [0.15, 0.2) is 8.83 Å². The summed E-state index contributed by atoms with van der Waals surface area (Å²) < 4.78 is 19.6. The summed E-state index contributed by atoms with van der Waals surface area (Å²) in [7, 11) is 0. The Morgan fingerprint density at radius 1 is 0.395 bits per heavy atom. The molecule has 236 valence electrons. The number of hydrogen-bond acceptors (Lipinski definition) is 7. The summed E-state index contributed by atoms with van der Waals surface area (Å²) in [5.41, 5.74) is 0. The van der Waals surface area contributed by atoms with Crippen LogP contribution < -0.4 is 0 Å². The van der Waals surface area contributed by atoms with Crippen LogP contribution in [0.4, 0.5) is 0 Å². The largest absolute Gasteiger partial charge is 0.425 e. The number of fused-ring (bicyclic) bond motifs is 2. The Bertz CT molecular complexity index is 1080. The van der Waals surface area contributed by atoms with E-state index in [4.69, 9.17) is 13.6 Å². The van der Waals surface area contributed by atoms with Crippen LogP contribution in [0.1, 0.15) is 188 Å².